The Morgan fingerprint density at radius 2 is 1.62 bits per heavy atom. The number of carbonyl (C=O) groups excluding carboxylic acids is 2. The van der Waals surface area contributed by atoms with Crippen LogP contribution in [0.4, 0.5) is 0 Å². The van der Waals surface area contributed by atoms with Gasteiger partial charge in [-0.05, 0) is 18.3 Å². The third-order valence-electron chi connectivity index (χ3n) is 3.45. The van der Waals surface area contributed by atoms with Gasteiger partial charge in [0.25, 0.3) is 11.8 Å². The van der Waals surface area contributed by atoms with Crippen LogP contribution in [0.15, 0.2) is 12.2 Å². The van der Waals surface area contributed by atoms with Crippen molar-refractivity contribution in [3.63, 3.8) is 0 Å². The van der Waals surface area contributed by atoms with E-state index in [1.54, 1.807) is 0 Å². The highest BCUT2D eigenvalue weighted by atomic mass is 16.5. The second-order valence-corrected chi connectivity index (χ2v) is 3.99. The van der Waals surface area contributed by atoms with Crippen LogP contribution >= 0.6 is 0 Å². The first-order valence-corrected chi connectivity index (χ1v) is 4.45. The number of hydrogen-bond acceptors (Lipinski definition) is 3. The summed E-state index contributed by atoms with van der Waals surface area (Å²) in [5.41, 5.74) is 0. The minimum absolute atomic E-state index is 0.184. The van der Waals surface area contributed by atoms with Crippen molar-refractivity contribution >= 4 is 11.8 Å². The summed E-state index contributed by atoms with van der Waals surface area (Å²) in [6, 6.07) is 0. The zero-order valence-corrected chi connectivity index (χ0v) is 6.88. The van der Waals surface area contributed by atoms with E-state index in [-0.39, 0.29) is 23.7 Å². The molecule has 3 aliphatic rings. The molecule has 2 aliphatic carbocycles. The second kappa shape index (κ2) is 2.01. The molecular formula is C9H9NO3. The Morgan fingerprint density at radius 3 is 2.08 bits per heavy atom. The SMILES string of the molecule is O=C1[C@H]2[C@H](C(=O)N1O)[C@H]1C=C[C@H]2C1. The first-order valence-electron chi connectivity index (χ1n) is 4.45. The van der Waals surface area contributed by atoms with Crippen molar-refractivity contribution in [2.75, 3.05) is 0 Å². The van der Waals surface area contributed by atoms with Crippen LogP contribution in [0, 0.1) is 23.7 Å². The lowest BCUT2D eigenvalue weighted by molar-refractivity contribution is -0.173. The number of nitrogens with zero attached hydrogens (tertiary/aromatic N) is 1. The van der Waals surface area contributed by atoms with Crippen LogP contribution in [-0.4, -0.2) is 22.1 Å². The first kappa shape index (κ1) is 7.26. The maximum Gasteiger partial charge on any atom is 0.257 e. The lowest BCUT2D eigenvalue weighted by Crippen LogP contribution is -2.29. The Morgan fingerprint density at radius 1 is 1.15 bits per heavy atom. The van der Waals surface area contributed by atoms with Crippen LogP contribution in [0.5, 0.6) is 0 Å². The number of fused-ring (bicyclic) bond motifs is 5. The van der Waals surface area contributed by atoms with E-state index >= 15 is 0 Å². The molecule has 4 nitrogen and oxygen atoms in total. The molecule has 68 valence electrons. The van der Waals surface area contributed by atoms with Crippen molar-refractivity contribution in [3.05, 3.63) is 12.2 Å². The zero-order valence-electron chi connectivity index (χ0n) is 6.88. The van der Waals surface area contributed by atoms with Crippen LogP contribution in [0.3, 0.4) is 0 Å². The summed E-state index contributed by atoms with van der Waals surface area (Å²) in [6.45, 7) is 0. The maximum absolute atomic E-state index is 11.4. The van der Waals surface area contributed by atoms with E-state index < -0.39 is 11.8 Å². The topological polar surface area (TPSA) is 57.6 Å². The highest BCUT2D eigenvalue weighted by Crippen LogP contribution is 2.51. The predicted molar refractivity (Wildman–Crippen MR) is 41.4 cm³/mol. The monoisotopic (exact) mass is 179 g/mol. The molecule has 0 unspecified atom stereocenters. The van der Waals surface area contributed by atoms with Gasteiger partial charge in [0.05, 0.1) is 11.8 Å². The summed E-state index contributed by atoms with van der Waals surface area (Å²) in [4.78, 5) is 22.8. The van der Waals surface area contributed by atoms with E-state index in [9.17, 15) is 9.59 Å². The number of rotatable bonds is 0. The molecule has 0 radical (unpaired) electrons. The average molecular weight is 179 g/mol. The maximum atomic E-state index is 11.4. The van der Waals surface area contributed by atoms with Gasteiger partial charge in [-0.1, -0.05) is 12.2 Å². The molecule has 0 spiro atoms. The van der Waals surface area contributed by atoms with E-state index in [2.05, 4.69) is 0 Å². The molecule has 1 heterocycles. The normalized spacial score (nSPS) is 46.4. The van der Waals surface area contributed by atoms with E-state index in [0.717, 1.165) is 6.42 Å². The van der Waals surface area contributed by atoms with Gasteiger partial charge in [0.2, 0.25) is 0 Å². The standard InChI is InChI=1S/C9H9NO3/c11-8-6-4-1-2-5(3-4)7(6)9(12)10(8)13/h1-2,4-7,13H,3H2/t4-,5-,6+,7+/m0/s1. The number of amides is 2. The summed E-state index contributed by atoms with van der Waals surface area (Å²) in [7, 11) is 0. The summed E-state index contributed by atoms with van der Waals surface area (Å²) in [5, 5.41) is 9.45. The molecule has 1 aliphatic heterocycles. The quantitative estimate of drug-likeness (QED) is 0.328. The first-order chi connectivity index (χ1) is 6.20. The van der Waals surface area contributed by atoms with Gasteiger partial charge < -0.3 is 0 Å². The van der Waals surface area contributed by atoms with Gasteiger partial charge in [-0.3, -0.25) is 14.8 Å². The fourth-order valence-electron chi connectivity index (χ4n) is 2.89. The van der Waals surface area contributed by atoms with Crippen LogP contribution in [-0.2, 0) is 9.59 Å². The molecule has 1 N–H and O–H groups in total. The summed E-state index contributed by atoms with van der Waals surface area (Å²) >= 11 is 0. The fraction of sp³-hybridized carbons (Fsp3) is 0.556. The highest BCUT2D eigenvalue weighted by Gasteiger charge is 2.59. The average Bonchev–Trinajstić information content (AvgIpc) is 2.76. The minimum Gasteiger partial charge on any atom is -0.278 e. The third kappa shape index (κ3) is 0.659. The molecule has 0 aromatic rings. The lowest BCUT2D eigenvalue weighted by Gasteiger charge is -2.13. The number of carbonyl (C=O) groups is 2. The second-order valence-electron chi connectivity index (χ2n) is 3.99. The lowest BCUT2D eigenvalue weighted by atomic mass is 9.85. The molecule has 2 amide bonds. The Bertz CT molecular complexity index is 306. The summed E-state index contributed by atoms with van der Waals surface area (Å²) < 4.78 is 0. The molecule has 2 bridgehead atoms. The van der Waals surface area contributed by atoms with Gasteiger partial charge in [0, 0.05) is 0 Å². The van der Waals surface area contributed by atoms with E-state index in [1.165, 1.54) is 0 Å². The van der Waals surface area contributed by atoms with Gasteiger partial charge >= 0.3 is 0 Å². The molecule has 4 atom stereocenters. The zero-order chi connectivity index (χ0) is 9.16. The molecule has 3 rings (SSSR count). The molecule has 0 aromatic heterocycles. The van der Waals surface area contributed by atoms with Crippen LogP contribution < -0.4 is 0 Å². The van der Waals surface area contributed by atoms with Crippen molar-refractivity contribution in [3.8, 4) is 0 Å². The fourth-order valence-corrected chi connectivity index (χ4v) is 2.89. The Balaban J connectivity index is 2.08. The predicted octanol–water partition coefficient (Wildman–Crippen LogP) is 0.183. The van der Waals surface area contributed by atoms with Gasteiger partial charge in [-0.15, -0.1) is 0 Å². The van der Waals surface area contributed by atoms with E-state index in [1.807, 2.05) is 12.2 Å². The van der Waals surface area contributed by atoms with Crippen molar-refractivity contribution in [2.24, 2.45) is 23.7 Å². The molecule has 13 heavy (non-hydrogen) atoms. The van der Waals surface area contributed by atoms with Crippen molar-refractivity contribution < 1.29 is 14.8 Å². The molecule has 1 saturated heterocycles. The highest BCUT2D eigenvalue weighted by molar-refractivity contribution is 6.05. The molecule has 4 heteroatoms. The number of hydrogen-bond donors (Lipinski definition) is 1. The van der Waals surface area contributed by atoms with Crippen LogP contribution in [0.2, 0.25) is 0 Å². The summed E-state index contributed by atoms with van der Waals surface area (Å²) in [5.74, 6) is -0.995. The molecule has 2 fully saturated rings. The molecular weight excluding hydrogens is 170 g/mol. The number of allylic oxidation sites excluding steroid dienone is 2. The van der Waals surface area contributed by atoms with E-state index in [0.29, 0.717) is 5.06 Å². The number of hydroxylamine groups is 2. The van der Waals surface area contributed by atoms with Gasteiger partial charge in [0.15, 0.2) is 0 Å². The summed E-state index contributed by atoms with van der Waals surface area (Å²) in [6.07, 6.45) is 4.90. The Labute approximate surface area is 74.8 Å². The third-order valence-corrected chi connectivity index (χ3v) is 3.45. The van der Waals surface area contributed by atoms with Crippen molar-refractivity contribution in [2.45, 2.75) is 6.42 Å². The van der Waals surface area contributed by atoms with Gasteiger partial charge in [0.1, 0.15) is 0 Å². The van der Waals surface area contributed by atoms with Gasteiger partial charge in [-0.25, -0.2) is 0 Å². The Kier molecular flexibility index (Phi) is 1.12. The van der Waals surface area contributed by atoms with E-state index in [4.69, 9.17) is 5.21 Å². The minimum atomic E-state index is -0.410. The van der Waals surface area contributed by atoms with Crippen molar-refractivity contribution in [1.29, 1.82) is 0 Å². The van der Waals surface area contributed by atoms with Crippen LogP contribution in [0.1, 0.15) is 6.42 Å². The van der Waals surface area contributed by atoms with Gasteiger partial charge in [-0.2, -0.15) is 5.06 Å². The number of imide groups is 1. The largest absolute Gasteiger partial charge is 0.278 e. The smallest absolute Gasteiger partial charge is 0.257 e. The Hall–Kier alpha value is -1.16. The molecule has 0 aromatic carbocycles. The van der Waals surface area contributed by atoms with Crippen LogP contribution in [0.25, 0.3) is 0 Å². The molecule has 1 saturated carbocycles. The van der Waals surface area contributed by atoms with Crippen molar-refractivity contribution in [1.82, 2.24) is 5.06 Å².